The van der Waals surface area contributed by atoms with Gasteiger partial charge in [-0.3, -0.25) is 0 Å². The van der Waals surface area contributed by atoms with Crippen LogP contribution >= 0.6 is 11.8 Å². The summed E-state index contributed by atoms with van der Waals surface area (Å²) in [4.78, 5) is 13.7. The van der Waals surface area contributed by atoms with Gasteiger partial charge in [0.25, 0.3) is 0 Å². The van der Waals surface area contributed by atoms with Crippen LogP contribution in [-0.4, -0.2) is 22.0 Å². The van der Waals surface area contributed by atoms with Crippen LogP contribution in [-0.2, 0) is 0 Å². The van der Waals surface area contributed by atoms with Crippen LogP contribution in [0.2, 0.25) is 0 Å². The maximum absolute atomic E-state index is 4.71. The topological polar surface area (TPSA) is 50.7 Å². The molecule has 0 bridgehead atoms. The Bertz CT molecular complexity index is 581. The van der Waals surface area contributed by atoms with Crippen LogP contribution in [0.15, 0.2) is 34.4 Å². The minimum absolute atomic E-state index is 0.552. The zero-order chi connectivity index (χ0) is 13.2. The molecule has 2 heterocycles. The zero-order valence-corrected chi connectivity index (χ0v) is 11.9. The summed E-state index contributed by atoms with van der Waals surface area (Å²) in [5.41, 5.74) is 1.09. The average Bonchev–Trinajstić information content (AvgIpc) is 3.27. The second-order valence-electron chi connectivity index (χ2n) is 4.65. The molecular formula is C14H16N4S. The van der Waals surface area contributed by atoms with Crippen molar-refractivity contribution in [3.63, 3.8) is 0 Å². The number of aromatic nitrogens is 3. The van der Waals surface area contributed by atoms with Gasteiger partial charge in [0, 0.05) is 24.7 Å². The fraction of sp³-hybridized carbons (Fsp3) is 0.357. The summed E-state index contributed by atoms with van der Waals surface area (Å²) in [6.45, 7) is 2.05. The molecule has 1 aliphatic carbocycles. The summed E-state index contributed by atoms with van der Waals surface area (Å²) in [6, 6.07) is 5.92. The quantitative estimate of drug-likeness (QED) is 0.866. The van der Waals surface area contributed by atoms with E-state index in [2.05, 4.69) is 15.3 Å². The summed E-state index contributed by atoms with van der Waals surface area (Å²) in [5.74, 6) is 2.44. The fourth-order valence-electron chi connectivity index (χ4n) is 1.89. The monoisotopic (exact) mass is 272 g/mol. The highest BCUT2D eigenvalue weighted by Crippen LogP contribution is 2.40. The first-order valence-electron chi connectivity index (χ1n) is 6.43. The van der Waals surface area contributed by atoms with Crippen LogP contribution < -0.4 is 5.32 Å². The van der Waals surface area contributed by atoms with Gasteiger partial charge in [0.1, 0.15) is 21.7 Å². The maximum Gasteiger partial charge on any atom is 0.135 e. The summed E-state index contributed by atoms with van der Waals surface area (Å²) < 4.78 is 0. The van der Waals surface area contributed by atoms with E-state index in [0.717, 1.165) is 27.3 Å². The summed E-state index contributed by atoms with van der Waals surface area (Å²) >= 11 is 1.60. The van der Waals surface area contributed by atoms with Crippen molar-refractivity contribution in [2.24, 2.45) is 0 Å². The van der Waals surface area contributed by atoms with Gasteiger partial charge in [-0.05, 0) is 43.7 Å². The lowest BCUT2D eigenvalue weighted by Gasteiger charge is -2.11. The smallest absolute Gasteiger partial charge is 0.135 e. The number of rotatable bonds is 4. The minimum Gasteiger partial charge on any atom is -0.373 e. The first kappa shape index (κ1) is 12.4. The second-order valence-corrected chi connectivity index (χ2v) is 5.66. The Balaban J connectivity index is 1.97. The molecule has 1 aliphatic rings. The predicted octanol–water partition coefficient (Wildman–Crippen LogP) is 3.25. The van der Waals surface area contributed by atoms with Crippen molar-refractivity contribution in [3.8, 4) is 0 Å². The van der Waals surface area contributed by atoms with Gasteiger partial charge in [0.2, 0.25) is 0 Å². The molecule has 3 rings (SSSR count). The Morgan fingerprint density at radius 2 is 2.11 bits per heavy atom. The standard InChI is InChI=1S/C14H16N4S/c1-9-12(15-2)17-13(10-6-7-10)18-14(9)19-11-5-3-4-8-16-11/h3-5,8,10H,6-7H2,1-2H3,(H,15,17,18). The van der Waals surface area contributed by atoms with Crippen LogP contribution in [0.1, 0.15) is 30.1 Å². The van der Waals surface area contributed by atoms with E-state index < -0.39 is 0 Å². The van der Waals surface area contributed by atoms with Crippen molar-refractivity contribution in [1.82, 2.24) is 15.0 Å². The van der Waals surface area contributed by atoms with Crippen molar-refractivity contribution in [1.29, 1.82) is 0 Å². The van der Waals surface area contributed by atoms with Gasteiger partial charge in [0.15, 0.2) is 0 Å². The van der Waals surface area contributed by atoms with Gasteiger partial charge in [-0.25, -0.2) is 15.0 Å². The highest BCUT2D eigenvalue weighted by atomic mass is 32.2. The van der Waals surface area contributed by atoms with E-state index in [0.29, 0.717) is 5.92 Å². The van der Waals surface area contributed by atoms with Gasteiger partial charge in [-0.2, -0.15) is 0 Å². The third kappa shape index (κ3) is 2.71. The number of nitrogens with zero attached hydrogens (tertiary/aromatic N) is 3. The molecule has 5 heteroatoms. The lowest BCUT2D eigenvalue weighted by atomic mass is 10.3. The van der Waals surface area contributed by atoms with Crippen LogP contribution in [0.4, 0.5) is 5.82 Å². The number of hydrogen-bond acceptors (Lipinski definition) is 5. The predicted molar refractivity (Wildman–Crippen MR) is 76.7 cm³/mol. The Morgan fingerprint density at radius 3 is 2.74 bits per heavy atom. The molecule has 0 amide bonds. The van der Waals surface area contributed by atoms with Crippen molar-refractivity contribution in [2.45, 2.75) is 35.7 Å². The Hall–Kier alpha value is -1.62. The van der Waals surface area contributed by atoms with E-state index in [1.807, 2.05) is 32.2 Å². The van der Waals surface area contributed by atoms with Gasteiger partial charge >= 0.3 is 0 Å². The number of nitrogens with one attached hydrogen (secondary N) is 1. The number of pyridine rings is 1. The normalized spacial score (nSPS) is 14.4. The van der Waals surface area contributed by atoms with E-state index in [1.165, 1.54) is 12.8 Å². The van der Waals surface area contributed by atoms with Crippen molar-refractivity contribution in [2.75, 3.05) is 12.4 Å². The zero-order valence-electron chi connectivity index (χ0n) is 11.1. The summed E-state index contributed by atoms with van der Waals surface area (Å²) in [5, 5.41) is 5.13. The van der Waals surface area contributed by atoms with Crippen molar-refractivity contribution in [3.05, 3.63) is 35.8 Å². The van der Waals surface area contributed by atoms with Crippen LogP contribution in [0.25, 0.3) is 0 Å². The molecule has 0 unspecified atom stereocenters. The summed E-state index contributed by atoms with van der Waals surface area (Å²) in [7, 11) is 1.90. The van der Waals surface area contributed by atoms with Gasteiger partial charge in [-0.15, -0.1) is 0 Å². The molecule has 1 fully saturated rings. The molecule has 0 saturated heterocycles. The number of hydrogen-bond donors (Lipinski definition) is 1. The molecule has 98 valence electrons. The molecule has 0 radical (unpaired) electrons. The van der Waals surface area contributed by atoms with E-state index in [1.54, 1.807) is 18.0 Å². The third-order valence-electron chi connectivity index (χ3n) is 3.14. The Kier molecular flexibility index (Phi) is 3.38. The largest absolute Gasteiger partial charge is 0.373 e. The third-order valence-corrected chi connectivity index (χ3v) is 4.18. The van der Waals surface area contributed by atoms with Gasteiger partial charge < -0.3 is 5.32 Å². The van der Waals surface area contributed by atoms with Crippen molar-refractivity contribution < 1.29 is 0 Å². The Morgan fingerprint density at radius 1 is 1.26 bits per heavy atom. The summed E-state index contributed by atoms with van der Waals surface area (Å²) in [6.07, 6.45) is 4.22. The van der Waals surface area contributed by atoms with E-state index >= 15 is 0 Å². The van der Waals surface area contributed by atoms with E-state index in [4.69, 9.17) is 4.98 Å². The molecule has 0 aromatic carbocycles. The molecule has 4 nitrogen and oxygen atoms in total. The molecule has 19 heavy (non-hydrogen) atoms. The molecule has 0 spiro atoms. The molecule has 2 aromatic rings. The van der Waals surface area contributed by atoms with Gasteiger partial charge in [0.05, 0.1) is 0 Å². The average molecular weight is 272 g/mol. The maximum atomic E-state index is 4.71. The van der Waals surface area contributed by atoms with Crippen LogP contribution in [0.3, 0.4) is 0 Å². The molecule has 0 atom stereocenters. The lowest BCUT2D eigenvalue weighted by molar-refractivity contribution is 0.863. The van der Waals surface area contributed by atoms with Gasteiger partial charge in [-0.1, -0.05) is 6.07 Å². The molecule has 2 aromatic heterocycles. The lowest BCUT2D eigenvalue weighted by Crippen LogP contribution is -2.04. The first-order valence-corrected chi connectivity index (χ1v) is 7.24. The van der Waals surface area contributed by atoms with E-state index in [9.17, 15) is 0 Å². The number of anilines is 1. The first-order chi connectivity index (χ1) is 9.28. The fourth-order valence-corrected chi connectivity index (χ4v) is 2.73. The van der Waals surface area contributed by atoms with Crippen LogP contribution in [0.5, 0.6) is 0 Å². The highest BCUT2D eigenvalue weighted by molar-refractivity contribution is 7.99. The SMILES string of the molecule is CNc1nc(C2CC2)nc(Sc2ccccn2)c1C. The molecule has 0 aliphatic heterocycles. The molecular weight excluding hydrogens is 256 g/mol. The molecule has 1 saturated carbocycles. The Labute approximate surface area is 117 Å². The van der Waals surface area contributed by atoms with E-state index in [-0.39, 0.29) is 0 Å². The minimum atomic E-state index is 0.552. The van der Waals surface area contributed by atoms with Crippen LogP contribution in [0, 0.1) is 6.92 Å². The van der Waals surface area contributed by atoms with Crippen molar-refractivity contribution >= 4 is 17.6 Å². The highest BCUT2D eigenvalue weighted by Gasteiger charge is 2.28. The second kappa shape index (κ2) is 5.17. The molecule has 1 N–H and O–H groups in total.